The van der Waals surface area contributed by atoms with Crippen LogP contribution >= 0.6 is 0 Å². The Balaban J connectivity index is 0.000000231. The number of carbonyl (C=O) groups is 1. The van der Waals surface area contributed by atoms with Crippen LogP contribution in [0, 0.1) is 12.3 Å². The molecule has 1 atom stereocenters. The average molecular weight is 439 g/mol. The number of hydrogen-bond donors (Lipinski definition) is 2. The summed E-state index contributed by atoms with van der Waals surface area (Å²) in [7, 11) is 0. The number of hydrogen-bond acceptors (Lipinski definition) is 5. The van der Waals surface area contributed by atoms with Crippen LogP contribution in [0.3, 0.4) is 0 Å². The van der Waals surface area contributed by atoms with Gasteiger partial charge in [0.15, 0.2) is 0 Å². The zero-order chi connectivity index (χ0) is 23.1. The number of nitrogens with one attached hydrogen (secondary N) is 1. The Kier molecular flexibility index (Phi) is 8.38. The number of piperidine rings is 1. The highest BCUT2D eigenvalue weighted by Gasteiger charge is 2.36. The molecule has 6 nitrogen and oxygen atoms in total. The summed E-state index contributed by atoms with van der Waals surface area (Å²) >= 11 is 0. The van der Waals surface area contributed by atoms with E-state index in [-0.39, 0.29) is 0 Å². The summed E-state index contributed by atoms with van der Waals surface area (Å²) < 4.78 is 42.6. The van der Waals surface area contributed by atoms with Crippen LogP contribution in [0.2, 0.25) is 0 Å². The third kappa shape index (κ3) is 7.20. The number of aromatic nitrogens is 2. The molecule has 0 aromatic carbocycles. The minimum absolute atomic E-state index is 0.400. The van der Waals surface area contributed by atoms with Crippen molar-refractivity contribution in [3.63, 3.8) is 0 Å². The van der Waals surface area contributed by atoms with Crippen molar-refractivity contribution < 1.29 is 27.8 Å². The lowest BCUT2D eigenvalue weighted by Crippen LogP contribution is -2.31. The van der Waals surface area contributed by atoms with Crippen molar-refractivity contribution in [2.75, 3.05) is 19.7 Å². The van der Waals surface area contributed by atoms with Crippen molar-refractivity contribution in [3.8, 4) is 5.88 Å². The van der Waals surface area contributed by atoms with E-state index in [2.05, 4.69) is 28.3 Å². The molecule has 0 radical (unpaired) electrons. The molecule has 2 N–H and O–H groups in total. The molecule has 2 aromatic heterocycles. The third-order valence-electron chi connectivity index (χ3n) is 5.01. The second-order valence-electron chi connectivity index (χ2n) is 8.05. The Bertz CT molecular complexity index is 866. The summed E-state index contributed by atoms with van der Waals surface area (Å²) in [6, 6.07) is 6.21. The van der Waals surface area contributed by atoms with Gasteiger partial charge in [-0.15, -0.1) is 0 Å². The second kappa shape index (κ2) is 10.6. The zero-order valence-corrected chi connectivity index (χ0v) is 17.9. The lowest BCUT2D eigenvalue weighted by molar-refractivity contribution is -0.148. The van der Waals surface area contributed by atoms with E-state index in [9.17, 15) is 18.0 Å². The fourth-order valence-corrected chi connectivity index (χ4v) is 3.08. The molecule has 1 aliphatic rings. The maximum absolute atomic E-state index is 12.6. The van der Waals surface area contributed by atoms with E-state index in [0.29, 0.717) is 5.92 Å². The standard InChI is InChI=1S/C11H12F3NO3.C11H16N2/c1-10(2,9(16)17)6-18-8-7(11(12,13)14)4-3-5-15-8;1-9-11(5-3-7-13-9)10-4-2-6-12-8-10/h3-5H,6H2,1-2H3,(H,16,17);3,5,7,10,12H,2,4,6,8H2,1H3. The molecule has 0 bridgehead atoms. The van der Waals surface area contributed by atoms with Gasteiger partial charge >= 0.3 is 12.1 Å². The van der Waals surface area contributed by atoms with Gasteiger partial charge in [-0.3, -0.25) is 9.78 Å². The molecular formula is C22H28F3N3O3. The van der Waals surface area contributed by atoms with Gasteiger partial charge in [0.25, 0.3) is 0 Å². The molecule has 31 heavy (non-hydrogen) atoms. The number of aryl methyl sites for hydroxylation is 1. The van der Waals surface area contributed by atoms with Crippen LogP contribution in [0.15, 0.2) is 36.7 Å². The van der Waals surface area contributed by atoms with Crippen molar-refractivity contribution in [1.82, 2.24) is 15.3 Å². The molecule has 2 aromatic rings. The van der Waals surface area contributed by atoms with Gasteiger partial charge in [0.1, 0.15) is 12.2 Å². The van der Waals surface area contributed by atoms with Crippen molar-refractivity contribution in [2.24, 2.45) is 5.41 Å². The summed E-state index contributed by atoms with van der Waals surface area (Å²) in [5.41, 5.74) is 0.303. The predicted molar refractivity (Wildman–Crippen MR) is 110 cm³/mol. The quantitative estimate of drug-likeness (QED) is 0.716. The highest BCUT2D eigenvalue weighted by Crippen LogP contribution is 2.35. The first-order chi connectivity index (χ1) is 14.5. The summed E-state index contributed by atoms with van der Waals surface area (Å²) in [6.07, 6.45) is 1.03. The van der Waals surface area contributed by atoms with E-state index in [0.717, 1.165) is 24.9 Å². The number of nitrogens with zero attached hydrogens (tertiary/aromatic N) is 2. The fourth-order valence-electron chi connectivity index (χ4n) is 3.08. The molecule has 0 amide bonds. The monoisotopic (exact) mass is 439 g/mol. The Labute approximate surface area is 179 Å². The lowest BCUT2D eigenvalue weighted by Gasteiger charge is -2.23. The lowest BCUT2D eigenvalue weighted by atomic mass is 9.91. The summed E-state index contributed by atoms with van der Waals surface area (Å²) in [4.78, 5) is 18.6. The van der Waals surface area contributed by atoms with Crippen molar-refractivity contribution in [2.45, 2.75) is 45.7 Å². The number of carboxylic acid groups (broad SMARTS) is 1. The van der Waals surface area contributed by atoms with Crippen LogP contribution in [0.25, 0.3) is 0 Å². The van der Waals surface area contributed by atoms with Gasteiger partial charge in [-0.2, -0.15) is 13.2 Å². The maximum atomic E-state index is 12.6. The van der Waals surface area contributed by atoms with Gasteiger partial charge in [0.05, 0.1) is 5.41 Å². The Morgan fingerprint density at radius 3 is 2.48 bits per heavy atom. The van der Waals surface area contributed by atoms with E-state index >= 15 is 0 Å². The number of halogens is 3. The normalized spacial score (nSPS) is 16.8. The smallest absolute Gasteiger partial charge is 0.421 e. The van der Waals surface area contributed by atoms with Crippen molar-refractivity contribution in [3.05, 3.63) is 53.5 Å². The molecule has 0 saturated carbocycles. The zero-order valence-electron chi connectivity index (χ0n) is 17.9. The molecule has 3 heterocycles. The number of pyridine rings is 2. The number of rotatable bonds is 5. The highest BCUT2D eigenvalue weighted by molar-refractivity contribution is 5.73. The summed E-state index contributed by atoms with van der Waals surface area (Å²) in [5.74, 6) is -1.09. The SMILES string of the molecule is CC(C)(COc1ncccc1C(F)(F)F)C(=O)O.Cc1ncccc1C1CCCNC1. The molecule has 9 heteroatoms. The topological polar surface area (TPSA) is 84.3 Å². The van der Waals surface area contributed by atoms with Crippen molar-refractivity contribution in [1.29, 1.82) is 0 Å². The number of ether oxygens (including phenoxy) is 1. The van der Waals surface area contributed by atoms with Crippen molar-refractivity contribution >= 4 is 5.97 Å². The minimum Gasteiger partial charge on any atom is -0.481 e. The first-order valence-electron chi connectivity index (χ1n) is 10.0. The minimum atomic E-state index is -4.59. The van der Waals surface area contributed by atoms with Crippen LogP contribution in [-0.4, -0.2) is 40.7 Å². The second-order valence-corrected chi connectivity index (χ2v) is 8.05. The number of carboxylic acids is 1. The van der Waals surface area contributed by atoms with Crippen LogP contribution in [-0.2, 0) is 11.0 Å². The first kappa shape index (κ1) is 24.6. The predicted octanol–water partition coefficient (Wildman–Crippen LogP) is 4.45. The maximum Gasteiger partial charge on any atom is 0.421 e. The molecule has 0 aliphatic carbocycles. The molecule has 1 aliphatic heterocycles. The van der Waals surface area contributed by atoms with Gasteiger partial charge in [-0.25, -0.2) is 4.98 Å². The van der Waals surface area contributed by atoms with E-state index < -0.39 is 35.6 Å². The van der Waals surface area contributed by atoms with Crippen LogP contribution in [0.1, 0.15) is 49.4 Å². The van der Waals surface area contributed by atoms with Gasteiger partial charge in [-0.05, 0) is 69.8 Å². The Morgan fingerprint density at radius 2 is 1.90 bits per heavy atom. The van der Waals surface area contributed by atoms with E-state index in [4.69, 9.17) is 9.84 Å². The third-order valence-corrected chi connectivity index (χ3v) is 5.01. The molecule has 170 valence electrons. The summed E-state index contributed by atoms with van der Waals surface area (Å²) in [5, 5.41) is 12.3. The van der Waals surface area contributed by atoms with Gasteiger partial charge in [-0.1, -0.05) is 6.07 Å². The molecule has 3 rings (SSSR count). The Morgan fingerprint density at radius 1 is 1.23 bits per heavy atom. The van der Waals surface area contributed by atoms with Crippen LogP contribution in [0.4, 0.5) is 13.2 Å². The van der Waals surface area contributed by atoms with E-state index in [1.54, 1.807) is 0 Å². The molecule has 1 fully saturated rings. The van der Waals surface area contributed by atoms with Gasteiger partial charge < -0.3 is 15.2 Å². The van der Waals surface area contributed by atoms with Crippen LogP contribution in [0.5, 0.6) is 5.88 Å². The molecule has 0 spiro atoms. The van der Waals surface area contributed by atoms with Gasteiger partial charge in [0, 0.05) is 24.6 Å². The highest BCUT2D eigenvalue weighted by atomic mass is 19.4. The largest absolute Gasteiger partial charge is 0.481 e. The van der Waals surface area contributed by atoms with Gasteiger partial charge in [0.2, 0.25) is 5.88 Å². The summed E-state index contributed by atoms with van der Waals surface area (Å²) in [6.45, 7) is 6.70. The molecular weight excluding hydrogens is 411 g/mol. The fraction of sp³-hybridized carbons (Fsp3) is 0.500. The first-order valence-corrected chi connectivity index (χ1v) is 10.0. The number of alkyl halides is 3. The van der Waals surface area contributed by atoms with Crippen LogP contribution < -0.4 is 10.1 Å². The average Bonchev–Trinajstić information content (AvgIpc) is 2.73. The van der Waals surface area contributed by atoms with E-state index in [1.807, 2.05) is 12.3 Å². The molecule has 1 unspecified atom stereocenters. The Hall–Kier alpha value is -2.68. The van der Waals surface area contributed by atoms with E-state index in [1.165, 1.54) is 44.5 Å². The molecule has 1 saturated heterocycles. The number of aliphatic carboxylic acids is 1.